The van der Waals surface area contributed by atoms with E-state index in [4.69, 9.17) is 9.47 Å². The number of aryl methyl sites for hydroxylation is 1. The first-order valence-electron chi connectivity index (χ1n) is 14.9. The third-order valence-corrected chi connectivity index (χ3v) is 9.88. The third-order valence-electron chi connectivity index (χ3n) is 7.49. The Morgan fingerprint density at radius 2 is 1.43 bits per heavy atom. The van der Waals surface area contributed by atoms with Crippen molar-refractivity contribution in [2.45, 2.75) is 6.54 Å². The zero-order valence-corrected chi connectivity index (χ0v) is 28.5. The average molecular weight is 631 g/mol. The van der Waals surface area contributed by atoms with Gasteiger partial charge >= 0.3 is 0 Å². The van der Waals surface area contributed by atoms with Crippen molar-refractivity contribution in [3.8, 4) is 11.5 Å². The summed E-state index contributed by atoms with van der Waals surface area (Å²) in [6, 6.07) is 19.0. The van der Waals surface area contributed by atoms with Gasteiger partial charge in [-0.3, -0.25) is 4.90 Å². The van der Waals surface area contributed by atoms with E-state index in [1.807, 2.05) is 49.8 Å². The van der Waals surface area contributed by atoms with Gasteiger partial charge < -0.3 is 19.3 Å². The molecule has 4 rings (SSSR count). The smallest absolute Gasteiger partial charge is 0.205 e. The van der Waals surface area contributed by atoms with Crippen molar-refractivity contribution in [2.24, 2.45) is 0 Å². The van der Waals surface area contributed by atoms with Crippen molar-refractivity contribution >= 4 is 51.2 Å². The molecule has 1 aliphatic rings. The summed E-state index contributed by atoms with van der Waals surface area (Å²) in [5, 5.41) is 0. The van der Waals surface area contributed by atoms with E-state index in [-0.39, 0.29) is 0 Å². The lowest BCUT2D eigenvalue weighted by molar-refractivity contribution is -0.849. The van der Waals surface area contributed by atoms with E-state index in [0.29, 0.717) is 0 Å². The van der Waals surface area contributed by atoms with Crippen LogP contribution in [-0.2, 0) is 6.54 Å². The standard InChI is InChI=1S/C36H45N4O2S2/c1-37(2)33-19-15-29(35(27-33)41-5)13-17-31-11-7-9-21-39(31)23-25-43-44-26-24-40-22-10-8-12-32(40)18-14-30-16-20-34(38(3)4)28-36(30)42-6/h7-21,27-28H,22-26H2,1-6H3/q+1/p+1/b18-14+. The maximum atomic E-state index is 5.66. The normalized spacial score (nSPS) is 14.7. The number of hydrogen-bond donors (Lipinski definition) is 1. The van der Waals surface area contributed by atoms with Gasteiger partial charge in [0.1, 0.15) is 23.7 Å². The number of ether oxygens (including phenoxy) is 2. The summed E-state index contributed by atoms with van der Waals surface area (Å²) in [7, 11) is 15.5. The fourth-order valence-electron chi connectivity index (χ4n) is 4.89. The van der Waals surface area contributed by atoms with Gasteiger partial charge in [-0.15, -0.1) is 0 Å². The highest BCUT2D eigenvalue weighted by Gasteiger charge is 2.15. The maximum absolute atomic E-state index is 5.66. The first kappa shape index (κ1) is 33.3. The molecule has 6 nitrogen and oxygen atoms in total. The number of pyridine rings is 1. The van der Waals surface area contributed by atoms with Gasteiger partial charge in [-0.05, 0) is 60.7 Å². The van der Waals surface area contributed by atoms with Crippen LogP contribution < -0.4 is 28.7 Å². The molecule has 1 N–H and O–H groups in total. The maximum Gasteiger partial charge on any atom is 0.205 e. The van der Waals surface area contributed by atoms with E-state index in [0.717, 1.165) is 65.1 Å². The number of nitrogens with zero attached hydrogens (tertiary/aromatic N) is 3. The molecular formula is C36H46N4O2S2+2. The number of allylic oxidation sites excluding steroid dienone is 3. The number of aromatic nitrogens is 1. The molecule has 0 spiro atoms. The second-order valence-electron chi connectivity index (χ2n) is 10.9. The molecule has 2 heterocycles. The molecule has 3 aromatic rings. The zero-order chi connectivity index (χ0) is 31.3. The second-order valence-corrected chi connectivity index (χ2v) is 13.6. The van der Waals surface area contributed by atoms with Crippen LogP contribution in [0.3, 0.4) is 0 Å². The van der Waals surface area contributed by atoms with Crippen LogP contribution >= 0.6 is 21.6 Å². The van der Waals surface area contributed by atoms with Gasteiger partial charge in [0.25, 0.3) is 0 Å². The van der Waals surface area contributed by atoms with E-state index < -0.39 is 0 Å². The molecule has 0 amide bonds. The predicted molar refractivity (Wildman–Crippen MR) is 192 cm³/mol. The van der Waals surface area contributed by atoms with E-state index in [9.17, 15) is 0 Å². The largest absolute Gasteiger partial charge is 0.496 e. The fourth-order valence-corrected chi connectivity index (χ4v) is 6.90. The third kappa shape index (κ3) is 9.45. The topological polar surface area (TPSA) is 33.3 Å². The highest BCUT2D eigenvalue weighted by atomic mass is 33.1. The van der Waals surface area contributed by atoms with Crippen LogP contribution in [-0.4, -0.2) is 67.0 Å². The highest BCUT2D eigenvalue weighted by molar-refractivity contribution is 8.76. The van der Waals surface area contributed by atoms with Gasteiger partial charge in [-0.25, -0.2) is 0 Å². The molecule has 1 atom stereocenters. The molecule has 0 saturated carbocycles. The molecule has 1 aliphatic heterocycles. The molecule has 8 heteroatoms. The number of nitrogens with one attached hydrogen (secondary N) is 1. The summed E-state index contributed by atoms with van der Waals surface area (Å²) in [6.45, 7) is 3.04. The molecule has 0 bridgehead atoms. The number of benzene rings is 2. The number of quaternary nitrogens is 1. The van der Waals surface area contributed by atoms with Crippen LogP contribution in [0.2, 0.25) is 0 Å². The Morgan fingerprint density at radius 1 is 0.795 bits per heavy atom. The van der Waals surface area contributed by atoms with Gasteiger partial charge in [-0.1, -0.05) is 27.7 Å². The van der Waals surface area contributed by atoms with Crippen molar-refractivity contribution < 1.29 is 18.9 Å². The summed E-state index contributed by atoms with van der Waals surface area (Å²) in [5.74, 6) is 3.90. The number of anilines is 2. The number of rotatable bonds is 15. The Kier molecular flexibility index (Phi) is 12.9. The van der Waals surface area contributed by atoms with Crippen molar-refractivity contribution in [1.82, 2.24) is 0 Å². The molecule has 44 heavy (non-hydrogen) atoms. The Balaban J connectivity index is 1.26. The van der Waals surface area contributed by atoms with Gasteiger partial charge in [0, 0.05) is 81.0 Å². The Hall–Kier alpha value is -3.59. The van der Waals surface area contributed by atoms with Gasteiger partial charge in [-0.2, -0.15) is 4.57 Å². The summed E-state index contributed by atoms with van der Waals surface area (Å²) in [5.41, 5.74) is 6.89. The van der Waals surface area contributed by atoms with Crippen molar-refractivity contribution in [3.05, 3.63) is 108 Å². The van der Waals surface area contributed by atoms with E-state index in [1.165, 1.54) is 16.3 Å². The summed E-state index contributed by atoms with van der Waals surface area (Å²) >= 11 is 0. The van der Waals surface area contributed by atoms with Crippen LogP contribution in [0.15, 0.2) is 90.8 Å². The monoisotopic (exact) mass is 630 g/mol. The molecule has 0 fully saturated rings. The first-order valence-corrected chi connectivity index (χ1v) is 17.4. The van der Waals surface area contributed by atoms with Gasteiger partial charge in [0.05, 0.1) is 32.3 Å². The zero-order valence-electron chi connectivity index (χ0n) is 26.8. The molecule has 2 aromatic carbocycles. The summed E-state index contributed by atoms with van der Waals surface area (Å²) < 4.78 is 13.6. The molecule has 0 radical (unpaired) electrons. The lowest BCUT2D eigenvalue weighted by Gasteiger charge is -2.20. The molecular weight excluding hydrogens is 585 g/mol. The van der Waals surface area contributed by atoms with Crippen LogP contribution in [0.1, 0.15) is 16.8 Å². The fraction of sp³-hybridized carbons (Fsp3) is 0.306. The minimum Gasteiger partial charge on any atom is -0.496 e. The SMILES string of the molecule is COc1cc(N(C)C)ccc1/C=C/C1=CC=CC[NH+]1CCSSCC[n+]1ccccc1/C=C/c1ccc(N(C)C)cc1OC. The molecule has 1 unspecified atom stereocenters. The average Bonchev–Trinajstić information content (AvgIpc) is 3.04. The summed E-state index contributed by atoms with van der Waals surface area (Å²) in [4.78, 5) is 5.66. The lowest BCUT2D eigenvalue weighted by atomic mass is 10.1. The quantitative estimate of drug-likeness (QED) is 0.131. The van der Waals surface area contributed by atoms with E-state index in [1.54, 1.807) is 14.2 Å². The van der Waals surface area contributed by atoms with Crippen molar-refractivity contribution in [1.29, 1.82) is 0 Å². The van der Waals surface area contributed by atoms with E-state index >= 15 is 0 Å². The van der Waals surface area contributed by atoms with Gasteiger partial charge in [0.15, 0.2) is 12.7 Å². The van der Waals surface area contributed by atoms with Crippen molar-refractivity contribution in [2.75, 3.05) is 76.8 Å². The van der Waals surface area contributed by atoms with Crippen LogP contribution in [0.25, 0.3) is 18.2 Å². The highest BCUT2D eigenvalue weighted by Crippen LogP contribution is 2.27. The lowest BCUT2D eigenvalue weighted by Crippen LogP contribution is -3.10. The predicted octanol–water partition coefficient (Wildman–Crippen LogP) is 5.73. The van der Waals surface area contributed by atoms with Crippen LogP contribution in [0.4, 0.5) is 11.4 Å². The van der Waals surface area contributed by atoms with E-state index in [2.05, 4.69) is 118 Å². The van der Waals surface area contributed by atoms with Crippen LogP contribution in [0, 0.1) is 0 Å². The van der Waals surface area contributed by atoms with Crippen molar-refractivity contribution in [3.63, 3.8) is 0 Å². The molecule has 0 saturated heterocycles. The Labute approximate surface area is 271 Å². The van der Waals surface area contributed by atoms with Crippen LogP contribution in [0.5, 0.6) is 11.5 Å². The van der Waals surface area contributed by atoms with Gasteiger partial charge in [0.2, 0.25) is 5.69 Å². The number of methoxy groups -OCH3 is 2. The number of hydrogen-bond acceptors (Lipinski definition) is 6. The Bertz CT molecular complexity index is 1500. The molecule has 232 valence electrons. The second kappa shape index (κ2) is 17.0. The Morgan fingerprint density at radius 3 is 2.07 bits per heavy atom. The molecule has 1 aromatic heterocycles. The summed E-state index contributed by atoms with van der Waals surface area (Å²) in [6.07, 6.45) is 17.5. The molecule has 0 aliphatic carbocycles. The first-order chi connectivity index (χ1) is 21.4. The minimum atomic E-state index is 0.875. The minimum absolute atomic E-state index is 0.875.